The third-order valence-electron chi connectivity index (χ3n) is 3.23. The Morgan fingerprint density at radius 3 is 3.00 bits per heavy atom. The Labute approximate surface area is 108 Å². The predicted molar refractivity (Wildman–Crippen MR) is 70.9 cm³/mol. The molecule has 0 aromatic carbocycles. The molecule has 1 N–H and O–H groups in total. The summed E-state index contributed by atoms with van der Waals surface area (Å²) in [6, 6.07) is 5.90. The quantitative estimate of drug-likeness (QED) is 0.875. The van der Waals surface area contributed by atoms with Crippen LogP contribution in [-0.4, -0.2) is 34.9 Å². The normalized spacial score (nSPS) is 21.1. The second kappa shape index (κ2) is 5.96. The topological polar surface area (TPSA) is 45.2 Å². The summed E-state index contributed by atoms with van der Waals surface area (Å²) in [7, 11) is 0. The van der Waals surface area contributed by atoms with Crippen molar-refractivity contribution in [1.29, 1.82) is 0 Å². The fraction of sp³-hybridized carbons (Fsp3) is 0.571. The van der Waals surface area contributed by atoms with Crippen LogP contribution in [0.2, 0.25) is 0 Å². The van der Waals surface area contributed by atoms with E-state index in [0.29, 0.717) is 5.92 Å². The molecule has 1 atom stereocenters. The van der Waals surface area contributed by atoms with Gasteiger partial charge in [0, 0.05) is 25.8 Å². The Morgan fingerprint density at radius 1 is 1.50 bits per heavy atom. The van der Waals surface area contributed by atoms with Crippen LogP contribution >= 0.6 is 0 Å². The molecule has 0 aliphatic carbocycles. The molecule has 4 nitrogen and oxygen atoms in total. The lowest BCUT2D eigenvalue weighted by atomic mass is 10.00. The lowest BCUT2D eigenvalue weighted by Crippen LogP contribution is -2.55. The minimum Gasteiger partial charge on any atom is -0.353 e. The Hall–Kier alpha value is -1.42. The molecule has 0 radical (unpaired) electrons. The monoisotopic (exact) mass is 247 g/mol. The number of nitrogens with zero attached hydrogens (tertiary/aromatic N) is 2. The molecule has 0 spiro atoms. The molecule has 2 rings (SSSR count). The second-order valence-electron chi connectivity index (χ2n) is 5.23. The molecule has 18 heavy (non-hydrogen) atoms. The molecule has 1 fully saturated rings. The zero-order valence-electron chi connectivity index (χ0n) is 11.1. The van der Waals surface area contributed by atoms with Crippen LogP contribution in [0.1, 0.15) is 26.0 Å². The molecule has 1 saturated heterocycles. The molecular formula is C14H21N3O. The van der Waals surface area contributed by atoms with Gasteiger partial charge < -0.3 is 5.32 Å². The second-order valence-corrected chi connectivity index (χ2v) is 5.23. The third-order valence-corrected chi connectivity index (χ3v) is 3.23. The first-order chi connectivity index (χ1) is 8.66. The summed E-state index contributed by atoms with van der Waals surface area (Å²) in [4.78, 5) is 18.5. The average Bonchev–Trinajstić information content (AvgIpc) is 2.34. The van der Waals surface area contributed by atoms with E-state index in [2.05, 4.69) is 29.0 Å². The summed E-state index contributed by atoms with van der Waals surface area (Å²) in [5.41, 5.74) is 1.03. The van der Waals surface area contributed by atoms with Crippen LogP contribution in [-0.2, 0) is 11.3 Å². The van der Waals surface area contributed by atoms with Crippen molar-refractivity contribution in [2.75, 3.05) is 13.1 Å². The van der Waals surface area contributed by atoms with Crippen molar-refractivity contribution in [2.24, 2.45) is 5.92 Å². The number of rotatable bonds is 4. The largest absolute Gasteiger partial charge is 0.353 e. The molecule has 1 aliphatic rings. The van der Waals surface area contributed by atoms with Gasteiger partial charge in [-0.05, 0) is 24.5 Å². The summed E-state index contributed by atoms with van der Waals surface area (Å²) >= 11 is 0. The Morgan fingerprint density at radius 2 is 2.33 bits per heavy atom. The predicted octanol–water partition coefficient (Wildman–Crippen LogP) is 1.43. The van der Waals surface area contributed by atoms with Gasteiger partial charge in [0.2, 0.25) is 5.91 Å². The van der Waals surface area contributed by atoms with Gasteiger partial charge in [0.1, 0.15) is 0 Å². The van der Waals surface area contributed by atoms with Crippen LogP contribution in [0.25, 0.3) is 0 Å². The lowest BCUT2D eigenvalue weighted by Gasteiger charge is -2.35. The number of carbonyl (C=O) groups is 1. The van der Waals surface area contributed by atoms with Gasteiger partial charge in [-0.2, -0.15) is 0 Å². The smallest absolute Gasteiger partial charge is 0.237 e. The summed E-state index contributed by atoms with van der Waals surface area (Å²) in [6.45, 7) is 6.70. The molecule has 4 heteroatoms. The first kappa shape index (κ1) is 13.0. The van der Waals surface area contributed by atoms with Crippen molar-refractivity contribution < 1.29 is 4.79 Å². The van der Waals surface area contributed by atoms with E-state index in [-0.39, 0.29) is 11.9 Å². The van der Waals surface area contributed by atoms with Gasteiger partial charge in [0.15, 0.2) is 0 Å². The van der Waals surface area contributed by atoms with Crippen molar-refractivity contribution in [3.05, 3.63) is 30.1 Å². The highest BCUT2D eigenvalue weighted by Crippen LogP contribution is 2.16. The van der Waals surface area contributed by atoms with E-state index >= 15 is 0 Å². The van der Waals surface area contributed by atoms with Crippen molar-refractivity contribution in [3.8, 4) is 0 Å². The van der Waals surface area contributed by atoms with Gasteiger partial charge in [0.25, 0.3) is 0 Å². The number of piperazine rings is 1. The van der Waals surface area contributed by atoms with Gasteiger partial charge in [-0.1, -0.05) is 19.9 Å². The average molecular weight is 247 g/mol. The van der Waals surface area contributed by atoms with Crippen LogP contribution in [0.4, 0.5) is 0 Å². The zero-order valence-corrected chi connectivity index (χ0v) is 11.1. The van der Waals surface area contributed by atoms with Crippen LogP contribution in [0, 0.1) is 5.92 Å². The molecule has 2 heterocycles. The van der Waals surface area contributed by atoms with E-state index in [1.54, 1.807) is 6.20 Å². The number of nitrogens with one attached hydrogen (secondary N) is 1. The number of aromatic nitrogens is 1. The van der Waals surface area contributed by atoms with E-state index in [9.17, 15) is 4.79 Å². The summed E-state index contributed by atoms with van der Waals surface area (Å²) in [5.74, 6) is 0.677. The maximum atomic E-state index is 12.0. The number of amides is 1. The van der Waals surface area contributed by atoms with Gasteiger partial charge in [0.05, 0.1) is 11.7 Å². The van der Waals surface area contributed by atoms with Crippen LogP contribution in [0.3, 0.4) is 0 Å². The Bertz CT molecular complexity index is 391. The lowest BCUT2D eigenvalue weighted by molar-refractivity contribution is -0.130. The van der Waals surface area contributed by atoms with Gasteiger partial charge in [-0.15, -0.1) is 0 Å². The van der Waals surface area contributed by atoms with E-state index in [4.69, 9.17) is 0 Å². The highest BCUT2D eigenvalue weighted by atomic mass is 16.2. The molecule has 98 valence electrons. The highest BCUT2D eigenvalue weighted by molar-refractivity contribution is 5.82. The molecule has 0 bridgehead atoms. The number of carbonyl (C=O) groups excluding carboxylic acids is 1. The van der Waals surface area contributed by atoms with E-state index < -0.39 is 0 Å². The fourth-order valence-electron chi connectivity index (χ4n) is 2.35. The summed E-state index contributed by atoms with van der Waals surface area (Å²) in [6.07, 6.45) is 2.70. The number of hydrogen-bond donors (Lipinski definition) is 1. The van der Waals surface area contributed by atoms with Crippen molar-refractivity contribution in [2.45, 2.75) is 32.9 Å². The standard InChI is InChI=1S/C14H21N3O/c1-11(2)9-13-14(18)16-7-8-17(13)10-12-5-3-4-6-15-12/h3-6,11,13H,7-10H2,1-2H3,(H,16,18)/t13-/m0/s1. The molecule has 0 saturated carbocycles. The van der Waals surface area contributed by atoms with Crippen LogP contribution in [0.15, 0.2) is 24.4 Å². The van der Waals surface area contributed by atoms with Crippen molar-refractivity contribution in [1.82, 2.24) is 15.2 Å². The molecule has 1 aliphatic heterocycles. The highest BCUT2D eigenvalue weighted by Gasteiger charge is 2.30. The van der Waals surface area contributed by atoms with E-state index in [0.717, 1.165) is 31.7 Å². The Kier molecular flexibility index (Phi) is 4.31. The van der Waals surface area contributed by atoms with E-state index in [1.165, 1.54) is 0 Å². The molecule has 1 aromatic rings. The van der Waals surface area contributed by atoms with E-state index in [1.807, 2.05) is 18.2 Å². The van der Waals surface area contributed by atoms with Crippen molar-refractivity contribution >= 4 is 5.91 Å². The zero-order chi connectivity index (χ0) is 13.0. The SMILES string of the molecule is CC(C)C[C@H]1C(=O)NCCN1Cc1ccccn1. The minimum absolute atomic E-state index is 0.0132. The number of pyridine rings is 1. The maximum Gasteiger partial charge on any atom is 0.237 e. The molecule has 1 amide bonds. The maximum absolute atomic E-state index is 12.0. The van der Waals surface area contributed by atoms with Gasteiger partial charge in [-0.3, -0.25) is 14.7 Å². The third kappa shape index (κ3) is 3.29. The fourth-order valence-corrected chi connectivity index (χ4v) is 2.35. The Balaban J connectivity index is 2.06. The van der Waals surface area contributed by atoms with Crippen molar-refractivity contribution in [3.63, 3.8) is 0 Å². The molecule has 0 unspecified atom stereocenters. The van der Waals surface area contributed by atoms with Crippen LogP contribution in [0.5, 0.6) is 0 Å². The molecular weight excluding hydrogens is 226 g/mol. The van der Waals surface area contributed by atoms with Crippen LogP contribution < -0.4 is 5.32 Å². The first-order valence-electron chi connectivity index (χ1n) is 6.58. The summed E-state index contributed by atoms with van der Waals surface area (Å²) in [5, 5.41) is 2.95. The first-order valence-corrected chi connectivity index (χ1v) is 6.58. The minimum atomic E-state index is -0.0132. The van der Waals surface area contributed by atoms with Gasteiger partial charge >= 0.3 is 0 Å². The summed E-state index contributed by atoms with van der Waals surface area (Å²) < 4.78 is 0. The number of hydrogen-bond acceptors (Lipinski definition) is 3. The van der Waals surface area contributed by atoms with Gasteiger partial charge in [-0.25, -0.2) is 0 Å². The molecule has 1 aromatic heterocycles.